The molecular formula is C17H24N4O6. The topological polar surface area (TPSA) is 132 Å². The Labute approximate surface area is 156 Å². The van der Waals surface area contributed by atoms with E-state index in [1.807, 2.05) is 6.92 Å². The first kappa shape index (κ1) is 19.3. The average molecular weight is 380 g/mol. The Morgan fingerprint density at radius 2 is 2.04 bits per heavy atom. The summed E-state index contributed by atoms with van der Waals surface area (Å²) < 4.78 is 12.1. The number of hydrogen-bond acceptors (Lipinski definition) is 6. The van der Waals surface area contributed by atoms with Gasteiger partial charge in [0, 0.05) is 26.4 Å². The first-order valence-electron chi connectivity index (χ1n) is 9.00. The molecule has 2 bridgehead atoms. The van der Waals surface area contributed by atoms with Crippen LogP contribution in [0.3, 0.4) is 0 Å². The molecule has 0 aliphatic carbocycles. The number of aromatic nitrogens is 2. The third-order valence-electron chi connectivity index (χ3n) is 5.01. The van der Waals surface area contributed by atoms with Gasteiger partial charge in [0.05, 0.1) is 36.3 Å². The molecule has 1 aromatic heterocycles. The second kappa shape index (κ2) is 8.05. The normalized spacial score (nSPS) is 26.1. The minimum atomic E-state index is -1.04. The van der Waals surface area contributed by atoms with Crippen LogP contribution in [0, 0.1) is 11.8 Å². The summed E-state index contributed by atoms with van der Waals surface area (Å²) in [5.74, 6) is -3.59. The van der Waals surface area contributed by atoms with E-state index in [4.69, 9.17) is 9.47 Å². The molecule has 2 saturated heterocycles. The van der Waals surface area contributed by atoms with Crippen molar-refractivity contribution in [3.63, 3.8) is 0 Å². The minimum absolute atomic E-state index is 0.0808. The molecule has 3 N–H and O–H groups in total. The third kappa shape index (κ3) is 3.81. The largest absolute Gasteiger partial charge is 0.481 e. The number of anilines is 1. The lowest BCUT2D eigenvalue weighted by Gasteiger charge is -2.23. The number of carbonyl (C=O) groups excluding carboxylic acids is 2. The van der Waals surface area contributed by atoms with Gasteiger partial charge in [0.25, 0.3) is 5.91 Å². The summed E-state index contributed by atoms with van der Waals surface area (Å²) in [7, 11) is 1.53. The van der Waals surface area contributed by atoms with Crippen LogP contribution in [-0.4, -0.2) is 65.1 Å². The molecule has 0 aromatic carbocycles. The van der Waals surface area contributed by atoms with Gasteiger partial charge < -0.3 is 25.2 Å². The van der Waals surface area contributed by atoms with Crippen LogP contribution in [0.4, 0.5) is 5.69 Å². The zero-order valence-electron chi connectivity index (χ0n) is 15.3. The number of nitrogens with one attached hydrogen (secondary N) is 2. The molecule has 4 atom stereocenters. The van der Waals surface area contributed by atoms with E-state index in [0.29, 0.717) is 32.5 Å². The van der Waals surface area contributed by atoms with Crippen LogP contribution >= 0.6 is 0 Å². The molecule has 0 saturated carbocycles. The van der Waals surface area contributed by atoms with Crippen molar-refractivity contribution in [3.8, 4) is 0 Å². The molecule has 2 aliphatic rings. The number of nitrogens with zero attached hydrogens (tertiary/aromatic N) is 2. The lowest BCUT2D eigenvalue weighted by atomic mass is 9.78. The Hall–Kier alpha value is -2.46. The Balaban J connectivity index is 1.76. The molecule has 1 aromatic rings. The molecule has 10 nitrogen and oxygen atoms in total. The van der Waals surface area contributed by atoms with Gasteiger partial charge in [-0.3, -0.25) is 19.1 Å². The van der Waals surface area contributed by atoms with Crippen LogP contribution in [0.25, 0.3) is 0 Å². The summed E-state index contributed by atoms with van der Waals surface area (Å²) >= 11 is 0. The Bertz CT molecular complexity index is 733. The average Bonchev–Trinajstić information content (AvgIpc) is 3.35. The molecule has 3 rings (SSSR count). The molecule has 4 unspecified atom stereocenters. The number of aryl methyl sites for hydroxylation is 1. The number of fused-ring (bicyclic) bond motifs is 2. The number of aliphatic carboxylic acids is 1. The van der Waals surface area contributed by atoms with E-state index in [2.05, 4.69) is 15.7 Å². The number of hydrogen-bond donors (Lipinski definition) is 3. The zero-order chi connectivity index (χ0) is 19.6. The second-order valence-electron chi connectivity index (χ2n) is 6.67. The molecule has 0 spiro atoms. The van der Waals surface area contributed by atoms with Crippen molar-refractivity contribution >= 4 is 23.5 Å². The highest BCUT2D eigenvalue weighted by molar-refractivity contribution is 6.03. The number of amides is 2. The van der Waals surface area contributed by atoms with E-state index in [1.165, 1.54) is 11.8 Å². The van der Waals surface area contributed by atoms with Crippen LogP contribution in [0.15, 0.2) is 6.20 Å². The first-order chi connectivity index (χ1) is 13.0. The molecule has 148 valence electrons. The predicted molar refractivity (Wildman–Crippen MR) is 93.3 cm³/mol. The smallest absolute Gasteiger partial charge is 0.310 e. The van der Waals surface area contributed by atoms with Crippen LogP contribution in [0.1, 0.15) is 30.3 Å². The minimum Gasteiger partial charge on any atom is -0.481 e. The fraction of sp³-hybridized carbons (Fsp3) is 0.647. The highest BCUT2D eigenvalue weighted by atomic mass is 16.5. The first-order valence-corrected chi connectivity index (χ1v) is 9.00. The van der Waals surface area contributed by atoms with Gasteiger partial charge in [-0.25, -0.2) is 0 Å². The maximum absolute atomic E-state index is 12.8. The Morgan fingerprint density at radius 3 is 2.67 bits per heavy atom. The van der Waals surface area contributed by atoms with Crippen LogP contribution in [0.5, 0.6) is 0 Å². The standard InChI is InChI=1S/C17H24N4O6/c1-3-21-8-9(14(20-21)16(23)18-6-7-26-2)19-15(22)12-10-4-5-11(27-10)13(12)17(24)25/h8,10-13H,3-7H2,1-2H3,(H,18,23)(H,19,22)(H,24,25). The summed E-state index contributed by atoms with van der Waals surface area (Å²) in [6.45, 7) is 3.03. The Kier molecular flexibility index (Phi) is 5.76. The van der Waals surface area contributed by atoms with E-state index < -0.39 is 41.8 Å². The predicted octanol–water partition coefficient (Wildman–Crippen LogP) is 0.0959. The monoisotopic (exact) mass is 380 g/mol. The molecule has 27 heavy (non-hydrogen) atoms. The lowest BCUT2D eigenvalue weighted by molar-refractivity contribution is -0.147. The van der Waals surface area contributed by atoms with E-state index in [1.54, 1.807) is 6.20 Å². The highest BCUT2D eigenvalue weighted by Gasteiger charge is 2.55. The van der Waals surface area contributed by atoms with Crippen molar-refractivity contribution in [3.05, 3.63) is 11.9 Å². The Morgan fingerprint density at radius 1 is 1.33 bits per heavy atom. The number of rotatable bonds is 8. The number of methoxy groups -OCH3 is 1. The van der Waals surface area contributed by atoms with Crippen LogP contribution in [-0.2, 0) is 25.6 Å². The molecule has 10 heteroatoms. The summed E-state index contributed by atoms with van der Waals surface area (Å²) in [6, 6.07) is 0. The number of ether oxygens (including phenoxy) is 2. The van der Waals surface area contributed by atoms with Gasteiger partial charge in [0.1, 0.15) is 0 Å². The van der Waals surface area contributed by atoms with Gasteiger partial charge in [0.2, 0.25) is 5.91 Å². The third-order valence-corrected chi connectivity index (χ3v) is 5.01. The second-order valence-corrected chi connectivity index (χ2v) is 6.67. The highest BCUT2D eigenvalue weighted by Crippen LogP contribution is 2.44. The number of carboxylic acids is 1. The van der Waals surface area contributed by atoms with Crippen molar-refractivity contribution in [2.75, 3.05) is 25.6 Å². The number of carboxylic acid groups (broad SMARTS) is 1. The van der Waals surface area contributed by atoms with E-state index in [9.17, 15) is 19.5 Å². The molecule has 2 amide bonds. The van der Waals surface area contributed by atoms with Crippen molar-refractivity contribution in [2.45, 2.75) is 38.5 Å². The number of carbonyl (C=O) groups is 3. The lowest BCUT2D eigenvalue weighted by Crippen LogP contribution is -2.41. The van der Waals surface area contributed by atoms with Crippen molar-refractivity contribution in [2.24, 2.45) is 11.8 Å². The van der Waals surface area contributed by atoms with Gasteiger partial charge >= 0.3 is 5.97 Å². The van der Waals surface area contributed by atoms with Gasteiger partial charge in [0.15, 0.2) is 5.69 Å². The summed E-state index contributed by atoms with van der Waals surface area (Å²) in [4.78, 5) is 36.7. The molecular weight excluding hydrogens is 356 g/mol. The zero-order valence-corrected chi connectivity index (χ0v) is 15.3. The van der Waals surface area contributed by atoms with Crippen LogP contribution in [0.2, 0.25) is 0 Å². The van der Waals surface area contributed by atoms with Crippen molar-refractivity contribution < 1.29 is 29.0 Å². The molecule has 3 heterocycles. The van der Waals surface area contributed by atoms with Gasteiger partial charge in [-0.2, -0.15) is 5.10 Å². The van der Waals surface area contributed by atoms with E-state index >= 15 is 0 Å². The van der Waals surface area contributed by atoms with E-state index in [0.717, 1.165) is 0 Å². The summed E-state index contributed by atoms with van der Waals surface area (Å²) in [5.41, 5.74) is 0.334. The van der Waals surface area contributed by atoms with Crippen LogP contribution < -0.4 is 10.6 Å². The quantitative estimate of drug-likeness (QED) is 0.545. The van der Waals surface area contributed by atoms with Crippen molar-refractivity contribution in [1.82, 2.24) is 15.1 Å². The molecule has 2 aliphatic heterocycles. The van der Waals surface area contributed by atoms with Gasteiger partial charge in [-0.1, -0.05) is 0 Å². The fourth-order valence-corrected chi connectivity index (χ4v) is 3.73. The van der Waals surface area contributed by atoms with Gasteiger partial charge in [-0.15, -0.1) is 0 Å². The van der Waals surface area contributed by atoms with Crippen molar-refractivity contribution in [1.29, 1.82) is 0 Å². The maximum Gasteiger partial charge on any atom is 0.310 e. The van der Waals surface area contributed by atoms with E-state index in [-0.39, 0.29) is 11.4 Å². The summed E-state index contributed by atoms with van der Waals surface area (Å²) in [6.07, 6.45) is 2.03. The molecule has 2 fully saturated rings. The van der Waals surface area contributed by atoms with Gasteiger partial charge in [-0.05, 0) is 19.8 Å². The summed E-state index contributed by atoms with van der Waals surface area (Å²) in [5, 5.41) is 19.0. The fourth-order valence-electron chi connectivity index (χ4n) is 3.73. The molecule has 0 radical (unpaired) electrons. The maximum atomic E-state index is 12.8. The SMILES string of the molecule is CCn1cc(NC(=O)C2C3CCC(O3)C2C(=O)O)c(C(=O)NCCOC)n1.